The first-order valence-corrected chi connectivity index (χ1v) is 16.3. The fourth-order valence-electron chi connectivity index (χ4n) is 6.49. The zero-order chi connectivity index (χ0) is 36.0. The maximum absolute atomic E-state index is 9.20. The standard InChI is InChI=1S/C43H25N3OS/c1-3-10-26(11-4-1)29-20-23-36-35(24-29)32-21-19-30(25-37(32)47-36)42-44-41(28-13-5-2-6-14-28)45-43(46-42)34-16-9-17-38-39(34)33-22-18-27-12-7-8-15-31(27)40(33)48-38/h1-25H/i7D,8D,9D,12D,16D. The molecule has 0 aliphatic rings. The van der Waals surface area contributed by atoms with Crippen LogP contribution in [0.2, 0.25) is 0 Å². The average molecular weight is 637 g/mol. The second-order valence-corrected chi connectivity index (χ2v) is 12.7. The molecule has 0 radical (unpaired) electrons. The molecular formula is C43H25N3OS. The molecule has 5 heteroatoms. The van der Waals surface area contributed by atoms with Crippen molar-refractivity contribution >= 4 is 64.2 Å². The van der Waals surface area contributed by atoms with Gasteiger partial charge in [-0.25, -0.2) is 15.0 Å². The maximum atomic E-state index is 9.20. The summed E-state index contributed by atoms with van der Waals surface area (Å²) in [7, 11) is 0. The molecular weight excluding hydrogens is 607 g/mol. The summed E-state index contributed by atoms with van der Waals surface area (Å²) >= 11 is 1.44. The molecule has 3 aromatic heterocycles. The Morgan fingerprint density at radius 1 is 0.500 bits per heavy atom. The number of rotatable bonds is 4. The van der Waals surface area contributed by atoms with Gasteiger partial charge >= 0.3 is 0 Å². The number of fused-ring (bicyclic) bond motifs is 8. The van der Waals surface area contributed by atoms with Gasteiger partial charge in [0.05, 0.1) is 6.85 Å². The third-order valence-electron chi connectivity index (χ3n) is 8.79. The smallest absolute Gasteiger partial charge is 0.164 e. The van der Waals surface area contributed by atoms with Crippen molar-refractivity contribution in [1.29, 1.82) is 0 Å². The van der Waals surface area contributed by atoms with E-state index in [0.29, 0.717) is 39.1 Å². The van der Waals surface area contributed by atoms with E-state index in [1.165, 1.54) is 11.3 Å². The van der Waals surface area contributed by atoms with Crippen LogP contribution in [0, 0.1) is 0 Å². The molecule has 224 valence electrons. The van der Waals surface area contributed by atoms with Gasteiger partial charge in [-0.05, 0) is 52.2 Å². The SMILES string of the molecule is [2H]c1cc2c(ccc3c2sc2cc([2H])c([2H])c(-c4nc(-c5ccccc5)nc(-c5ccc6c(c5)oc5ccc(-c7ccccc7)cc56)n4)c23)c([2H])c1[2H]. The van der Waals surface area contributed by atoms with E-state index in [-0.39, 0.29) is 36.0 Å². The number of aromatic nitrogens is 3. The molecule has 10 aromatic rings. The average Bonchev–Trinajstić information content (AvgIpc) is 3.75. The van der Waals surface area contributed by atoms with Crippen LogP contribution < -0.4 is 0 Å². The fraction of sp³-hybridized carbons (Fsp3) is 0. The van der Waals surface area contributed by atoms with Crippen LogP contribution in [-0.2, 0) is 0 Å². The zero-order valence-electron chi connectivity index (χ0n) is 30.2. The monoisotopic (exact) mass is 636 g/mol. The second-order valence-electron chi connectivity index (χ2n) is 11.6. The summed E-state index contributed by atoms with van der Waals surface area (Å²) in [6.45, 7) is 0. The van der Waals surface area contributed by atoms with Crippen LogP contribution in [0.5, 0.6) is 0 Å². The summed E-state index contributed by atoms with van der Waals surface area (Å²) in [5.41, 5.74) is 5.59. The first-order valence-electron chi connectivity index (χ1n) is 18.0. The van der Waals surface area contributed by atoms with Crippen molar-refractivity contribution in [2.24, 2.45) is 0 Å². The fourth-order valence-corrected chi connectivity index (χ4v) is 7.70. The van der Waals surface area contributed by atoms with Gasteiger partial charge in [0.15, 0.2) is 17.5 Å². The number of nitrogens with zero attached hydrogens (tertiary/aromatic N) is 3. The summed E-state index contributed by atoms with van der Waals surface area (Å²) in [4.78, 5) is 14.9. The van der Waals surface area contributed by atoms with Crippen LogP contribution in [0.15, 0.2) is 156 Å². The zero-order valence-corrected chi connectivity index (χ0v) is 26.0. The lowest BCUT2D eigenvalue weighted by Crippen LogP contribution is -2.00. The maximum Gasteiger partial charge on any atom is 0.164 e. The first kappa shape index (κ1) is 22.4. The predicted octanol–water partition coefficient (Wildman–Crippen LogP) is 12.0. The Kier molecular flexibility index (Phi) is 4.98. The van der Waals surface area contributed by atoms with E-state index >= 15 is 0 Å². The lowest BCUT2D eigenvalue weighted by molar-refractivity contribution is 0.669. The summed E-state index contributed by atoms with van der Waals surface area (Å²) in [5.74, 6) is 1.09. The quantitative estimate of drug-likeness (QED) is 0.193. The summed E-state index contributed by atoms with van der Waals surface area (Å²) in [6, 6.07) is 38.9. The van der Waals surface area contributed by atoms with Crippen molar-refractivity contribution in [1.82, 2.24) is 15.0 Å². The summed E-state index contributed by atoms with van der Waals surface area (Å²) < 4.78 is 51.0. The van der Waals surface area contributed by atoms with Crippen molar-refractivity contribution in [3.63, 3.8) is 0 Å². The topological polar surface area (TPSA) is 51.8 Å². The number of hydrogen-bond donors (Lipinski definition) is 0. The first-order chi connectivity index (χ1) is 25.8. The molecule has 0 spiro atoms. The van der Waals surface area contributed by atoms with Crippen LogP contribution in [0.1, 0.15) is 6.85 Å². The summed E-state index contributed by atoms with van der Waals surface area (Å²) in [5, 5.41) is 4.77. The molecule has 0 aliphatic heterocycles. The highest BCUT2D eigenvalue weighted by Gasteiger charge is 2.19. The minimum Gasteiger partial charge on any atom is -0.456 e. The van der Waals surface area contributed by atoms with Crippen molar-refractivity contribution in [3.8, 4) is 45.3 Å². The van der Waals surface area contributed by atoms with Crippen molar-refractivity contribution < 1.29 is 11.3 Å². The highest BCUT2D eigenvalue weighted by atomic mass is 32.1. The van der Waals surface area contributed by atoms with Gasteiger partial charge in [0, 0.05) is 47.6 Å². The van der Waals surface area contributed by atoms with Crippen LogP contribution in [0.4, 0.5) is 0 Å². The minimum atomic E-state index is -0.121. The molecule has 0 bridgehead atoms. The van der Waals surface area contributed by atoms with Crippen LogP contribution in [0.25, 0.3) is 98.2 Å². The largest absolute Gasteiger partial charge is 0.456 e. The third-order valence-corrected chi connectivity index (χ3v) is 9.97. The molecule has 3 heterocycles. The molecule has 0 fully saturated rings. The van der Waals surface area contributed by atoms with Gasteiger partial charge in [0.25, 0.3) is 0 Å². The Hall–Kier alpha value is -6.17. The normalized spacial score (nSPS) is 13.2. The number of thiophene rings is 1. The van der Waals surface area contributed by atoms with Crippen molar-refractivity contribution in [3.05, 3.63) is 152 Å². The van der Waals surface area contributed by atoms with Crippen LogP contribution >= 0.6 is 11.3 Å². The van der Waals surface area contributed by atoms with Crippen LogP contribution in [0.3, 0.4) is 0 Å². The van der Waals surface area contributed by atoms with E-state index in [1.54, 1.807) is 18.2 Å². The van der Waals surface area contributed by atoms with E-state index in [0.717, 1.165) is 53.2 Å². The van der Waals surface area contributed by atoms with Crippen LogP contribution in [-0.4, -0.2) is 15.0 Å². The van der Waals surface area contributed by atoms with Gasteiger partial charge in [0.2, 0.25) is 0 Å². The van der Waals surface area contributed by atoms with E-state index in [4.69, 9.17) is 24.9 Å². The van der Waals surface area contributed by atoms with Gasteiger partial charge in [-0.1, -0.05) is 121 Å². The van der Waals surface area contributed by atoms with E-state index in [9.17, 15) is 1.37 Å². The lowest BCUT2D eigenvalue weighted by atomic mass is 10.0. The molecule has 0 unspecified atom stereocenters. The molecule has 48 heavy (non-hydrogen) atoms. The molecule has 7 aromatic carbocycles. The van der Waals surface area contributed by atoms with Crippen molar-refractivity contribution in [2.75, 3.05) is 0 Å². The van der Waals surface area contributed by atoms with Gasteiger partial charge in [0.1, 0.15) is 11.2 Å². The van der Waals surface area contributed by atoms with Gasteiger partial charge in [-0.3, -0.25) is 0 Å². The molecule has 4 nitrogen and oxygen atoms in total. The Morgan fingerprint density at radius 3 is 2.10 bits per heavy atom. The molecule has 0 atom stereocenters. The molecule has 0 saturated carbocycles. The minimum absolute atomic E-state index is 0.00195. The molecule has 10 rings (SSSR count). The lowest BCUT2D eigenvalue weighted by Gasteiger charge is -2.09. The highest BCUT2D eigenvalue weighted by molar-refractivity contribution is 7.26. The second kappa shape index (κ2) is 10.7. The molecule has 0 aliphatic carbocycles. The van der Waals surface area contributed by atoms with Crippen molar-refractivity contribution in [2.45, 2.75) is 0 Å². The Morgan fingerprint density at radius 2 is 1.25 bits per heavy atom. The molecule has 0 amide bonds. The third kappa shape index (κ3) is 4.33. The number of hydrogen-bond acceptors (Lipinski definition) is 5. The van der Waals surface area contributed by atoms with E-state index < -0.39 is 0 Å². The Balaban J connectivity index is 1.20. The van der Waals surface area contributed by atoms with Gasteiger partial charge < -0.3 is 4.42 Å². The summed E-state index contributed by atoms with van der Waals surface area (Å²) in [6.07, 6.45) is 0. The van der Waals surface area contributed by atoms with E-state index in [1.807, 2.05) is 78.9 Å². The Labute approximate surface area is 286 Å². The molecule has 0 N–H and O–H groups in total. The molecule has 0 saturated heterocycles. The van der Waals surface area contributed by atoms with Gasteiger partial charge in [-0.2, -0.15) is 0 Å². The highest BCUT2D eigenvalue weighted by Crippen LogP contribution is 2.43. The number of benzene rings is 7. The number of furan rings is 1. The van der Waals surface area contributed by atoms with Gasteiger partial charge in [-0.15, -0.1) is 11.3 Å². The predicted molar refractivity (Wildman–Crippen MR) is 199 cm³/mol. The Bertz CT molecular complexity index is 3130. The van der Waals surface area contributed by atoms with E-state index in [2.05, 4.69) is 24.3 Å².